The molecule has 0 saturated carbocycles. The van der Waals surface area contributed by atoms with Gasteiger partial charge in [0.2, 0.25) is 5.95 Å². The number of nitrogens with one attached hydrogen (secondary N) is 4. The molecule has 4 rings (SSSR count). The topological polar surface area (TPSA) is 125 Å². The number of fused-ring (bicyclic) bond motifs is 1. The van der Waals surface area contributed by atoms with Gasteiger partial charge < -0.3 is 26.1 Å². The van der Waals surface area contributed by atoms with E-state index in [0.717, 1.165) is 29.1 Å². The number of nitrogens with zero attached hydrogens (tertiary/aromatic N) is 3. The molecule has 1 aliphatic carbocycles. The zero-order valence-corrected chi connectivity index (χ0v) is 25.6. The molecule has 3 heterocycles. The van der Waals surface area contributed by atoms with Crippen LogP contribution >= 0.6 is 11.3 Å². The predicted octanol–water partition coefficient (Wildman–Crippen LogP) is 5.48. The van der Waals surface area contributed by atoms with Gasteiger partial charge in [0.1, 0.15) is 4.88 Å². The molecule has 1 amide bonds. The number of carbonyl (C=O) groups excluding carboxylic acids is 1. The van der Waals surface area contributed by atoms with E-state index in [9.17, 15) is 4.79 Å². The molecule has 0 radical (unpaired) electrons. The third kappa shape index (κ3) is 7.37. The monoisotopic (exact) mass is 575 g/mol. The maximum Gasteiger partial charge on any atom is 0.263 e. The second kappa shape index (κ2) is 13.4. The molecule has 41 heavy (non-hydrogen) atoms. The van der Waals surface area contributed by atoms with Gasteiger partial charge in [0.15, 0.2) is 0 Å². The van der Waals surface area contributed by atoms with Crippen molar-refractivity contribution in [3.8, 4) is 0 Å². The van der Waals surface area contributed by atoms with E-state index >= 15 is 0 Å². The molecular formula is C31H41N7O2S. The van der Waals surface area contributed by atoms with E-state index in [0.29, 0.717) is 29.7 Å². The first-order valence-electron chi connectivity index (χ1n) is 14.1. The fourth-order valence-electron chi connectivity index (χ4n) is 5.07. The van der Waals surface area contributed by atoms with Crippen LogP contribution in [0.2, 0.25) is 0 Å². The van der Waals surface area contributed by atoms with Crippen molar-refractivity contribution in [1.82, 2.24) is 25.6 Å². The van der Waals surface area contributed by atoms with Crippen LogP contribution in [0.5, 0.6) is 0 Å². The number of carbonyl (C=O) groups is 1. The second-order valence-electron chi connectivity index (χ2n) is 11.4. The third-order valence-electron chi connectivity index (χ3n) is 7.19. The molecule has 1 aliphatic heterocycles. The van der Waals surface area contributed by atoms with Crippen LogP contribution in [-0.4, -0.2) is 53.4 Å². The van der Waals surface area contributed by atoms with Crippen LogP contribution in [0.1, 0.15) is 67.8 Å². The maximum atomic E-state index is 13.2. The van der Waals surface area contributed by atoms with Crippen molar-refractivity contribution in [2.45, 2.75) is 58.9 Å². The van der Waals surface area contributed by atoms with Crippen LogP contribution in [0.25, 0.3) is 5.57 Å². The lowest BCUT2D eigenvalue weighted by molar-refractivity contribution is 0.0487. The predicted molar refractivity (Wildman–Crippen MR) is 166 cm³/mol. The van der Waals surface area contributed by atoms with Gasteiger partial charge in [-0.15, -0.1) is 11.3 Å². The van der Waals surface area contributed by atoms with E-state index in [4.69, 9.17) is 15.1 Å². The number of ether oxygens (including phenoxy) is 1. The average molecular weight is 576 g/mol. The molecule has 218 valence electrons. The number of thiazole rings is 1. The summed E-state index contributed by atoms with van der Waals surface area (Å²) in [4.78, 5) is 27.4. The van der Waals surface area contributed by atoms with Gasteiger partial charge >= 0.3 is 0 Å². The van der Waals surface area contributed by atoms with Crippen LogP contribution in [0.3, 0.4) is 0 Å². The van der Waals surface area contributed by atoms with Crippen LogP contribution in [0, 0.1) is 17.2 Å². The second-order valence-corrected chi connectivity index (χ2v) is 12.5. The van der Waals surface area contributed by atoms with Crippen molar-refractivity contribution in [1.29, 1.82) is 5.41 Å². The number of allylic oxidation sites excluding steroid dienone is 5. The number of anilines is 1. The largest absolute Gasteiger partial charge is 0.392 e. The Hall–Kier alpha value is -3.63. The molecule has 0 bridgehead atoms. The highest BCUT2D eigenvalue weighted by molar-refractivity contribution is 7.13. The first-order valence-corrected chi connectivity index (χ1v) is 14.9. The van der Waals surface area contributed by atoms with Gasteiger partial charge in [-0.25, -0.2) is 15.0 Å². The van der Waals surface area contributed by atoms with Gasteiger partial charge in [-0.05, 0) is 19.4 Å². The minimum atomic E-state index is -0.122. The zero-order chi connectivity index (χ0) is 29.6. The Balaban J connectivity index is 1.61. The average Bonchev–Trinajstić information content (AvgIpc) is 3.39. The summed E-state index contributed by atoms with van der Waals surface area (Å²) in [6.07, 6.45) is 14.8. The SMILES string of the molecule is CCCC1=CC(c2ccnc(N/C(C=N)=C/NC)n2)=CC=C2C1COCC2[C@@H](C)NC(=O)c1cnc(C(C)(C)C)s1. The van der Waals surface area contributed by atoms with Crippen molar-refractivity contribution >= 4 is 35.0 Å². The highest BCUT2D eigenvalue weighted by Gasteiger charge is 2.35. The highest BCUT2D eigenvalue weighted by atomic mass is 32.1. The summed E-state index contributed by atoms with van der Waals surface area (Å²) in [7, 11) is 1.78. The summed E-state index contributed by atoms with van der Waals surface area (Å²) >= 11 is 1.45. The number of aromatic nitrogens is 3. The minimum Gasteiger partial charge on any atom is -0.392 e. The lowest BCUT2D eigenvalue weighted by Crippen LogP contribution is -2.44. The Morgan fingerprint density at radius 2 is 2.07 bits per heavy atom. The summed E-state index contributed by atoms with van der Waals surface area (Å²) in [6.45, 7) is 11.7. The zero-order valence-electron chi connectivity index (χ0n) is 24.7. The van der Waals surface area contributed by atoms with Crippen LogP contribution in [0.15, 0.2) is 59.7 Å². The number of hydrogen-bond donors (Lipinski definition) is 4. The van der Waals surface area contributed by atoms with Gasteiger partial charge in [-0.2, -0.15) is 0 Å². The molecule has 2 aliphatic rings. The summed E-state index contributed by atoms with van der Waals surface area (Å²) in [5.74, 6) is 0.497. The highest BCUT2D eigenvalue weighted by Crippen LogP contribution is 2.39. The molecule has 2 aromatic rings. The summed E-state index contributed by atoms with van der Waals surface area (Å²) in [5.41, 5.74) is 4.81. The Morgan fingerprint density at radius 3 is 2.76 bits per heavy atom. The van der Waals surface area contributed by atoms with E-state index in [1.165, 1.54) is 28.7 Å². The van der Waals surface area contributed by atoms with E-state index < -0.39 is 0 Å². The molecule has 0 spiro atoms. The summed E-state index contributed by atoms with van der Waals surface area (Å²) in [6, 6.07) is 1.77. The van der Waals surface area contributed by atoms with Gasteiger partial charge in [0, 0.05) is 54.5 Å². The number of rotatable bonds is 10. The fourth-order valence-corrected chi connectivity index (χ4v) is 5.95. The lowest BCUT2D eigenvalue weighted by atomic mass is 9.78. The summed E-state index contributed by atoms with van der Waals surface area (Å²) in [5, 5.41) is 17.8. The van der Waals surface area contributed by atoms with Crippen molar-refractivity contribution < 1.29 is 9.53 Å². The molecule has 10 heteroatoms. The molecule has 3 atom stereocenters. The van der Waals surface area contributed by atoms with Gasteiger partial charge in [0.05, 0.1) is 35.8 Å². The summed E-state index contributed by atoms with van der Waals surface area (Å²) < 4.78 is 6.15. The Morgan fingerprint density at radius 1 is 1.27 bits per heavy atom. The van der Waals surface area contributed by atoms with Crippen molar-refractivity contribution in [3.05, 3.63) is 75.3 Å². The van der Waals surface area contributed by atoms with E-state index in [1.807, 2.05) is 6.07 Å². The van der Waals surface area contributed by atoms with E-state index in [1.54, 1.807) is 25.6 Å². The van der Waals surface area contributed by atoms with Crippen molar-refractivity contribution in [2.75, 3.05) is 25.6 Å². The first kappa shape index (κ1) is 30.3. The van der Waals surface area contributed by atoms with Crippen LogP contribution in [0.4, 0.5) is 5.95 Å². The molecule has 2 unspecified atom stereocenters. The maximum absolute atomic E-state index is 13.2. The van der Waals surface area contributed by atoms with Gasteiger partial charge in [-0.3, -0.25) is 4.79 Å². The number of amides is 1. The minimum absolute atomic E-state index is 0.0352. The fraction of sp³-hybridized carbons (Fsp3) is 0.452. The standard InChI is InChI=1S/C31H41N7O2S/c1-7-8-20-13-21(26-11-12-34-30(38-26)37-22(14-32)15-33-6)9-10-23-24(17-40-18-25(20)23)19(2)36-28(39)27-16-35-29(41-27)31(3,4)5/h9-16,19,24-25,32-33H,7-8,17-18H2,1-6H3,(H,36,39)(H,34,37,38)/b22-15+,32-14?/t19-,24?,25?/m1/s1. The number of hydrogen-bond acceptors (Lipinski definition) is 9. The Labute approximate surface area is 246 Å². The van der Waals surface area contributed by atoms with E-state index in [-0.39, 0.29) is 29.2 Å². The molecule has 0 aromatic carbocycles. The first-order chi connectivity index (χ1) is 19.6. The van der Waals surface area contributed by atoms with Crippen molar-refractivity contribution in [3.63, 3.8) is 0 Å². The Kier molecular flexibility index (Phi) is 9.88. The van der Waals surface area contributed by atoms with Gasteiger partial charge in [0.25, 0.3) is 5.91 Å². The molecule has 1 fully saturated rings. The van der Waals surface area contributed by atoms with Crippen LogP contribution in [-0.2, 0) is 10.2 Å². The third-order valence-corrected chi connectivity index (χ3v) is 8.61. The molecule has 2 aromatic heterocycles. The molecule has 4 N–H and O–H groups in total. The van der Waals surface area contributed by atoms with Gasteiger partial charge in [-0.1, -0.05) is 63.5 Å². The normalized spacial score (nSPS) is 20.0. The van der Waals surface area contributed by atoms with Crippen LogP contribution < -0.4 is 16.0 Å². The smallest absolute Gasteiger partial charge is 0.263 e. The Bertz CT molecular complexity index is 1380. The molecule has 9 nitrogen and oxygen atoms in total. The lowest BCUT2D eigenvalue weighted by Gasteiger charge is -2.37. The molecular weight excluding hydrogens is 534 g/mol. The quantitative estimate of drug-likeness (QED) is 0.276. The van der Waals surface area contributed by atoms with Crippen molar-refractivity contribution in [2.24, 2.45) is 11.8 Å². The van der Waals surface area contributed by atoms with E-state index in [2.05, 4.69) is 78.8 Å². The molecule has 1 saturated heterocycles.